The van der Waals surface area contributed by atoms with E-state index in [1.165, 1.54) is 0 Å². The largest absolute Gasteiger partial charge is 0.412 e. The van der Waals surface area contributed by atoms with Gasteiger partial charge in [-0.05, 0) is 0 Å². The summed E-state index contributed by atoms with van der Waals surface area (Å²) in [6.07, 6.45) is 1.20. The van der Waals surface area contributed by atoms with Crippen LogP contribution < -0.4 is 0 Å². The van der Waals surface area contributed by atoms with Crippen LogP contribution in [0.3, 0.4) is 0 Å². The van der Waals surface area contributed by atoms with Crippen LogP contribution in [-0.2, 0) is 28.4 Å². The van der Waals surface area contributed by atoms with E-state index in [9.17, 15) is 0 Å². The van der Waals surface area contributed by atoms with Crippen molar-refractivity contribution < 1.29 is 33.9 Å². The highest BCUT2D eigenvalue weighted by Gasteiger charge is 2.39. The van der Waals surface area contributed by atoms with Crippen molar-refractivity contribution in [3.05, 3.63) is 0 Å². The van der Waals surface area contributed by atoms with Gasteiger partial charge < -0.3 is 33.9 Å². The Balaban J connectivity index is 0.00000133. The van der Waals surface area contributed by atoms with Crippen LogP contribution in [-0.4, -0.2) is 69.4 Å². The minimum Gasteiger partial charge on any atom is -0.412 e. The normalized spacial score (nSPS) is 34.3. The van der Waals surface area contributed by atoms with Crippen molar-refractivity contribution in [2.45, 2.75) is 37.6 Å². The standard InChI is InChI=1S/C12H20O6.H2O/c1-2-12(16-6-9-3-13-9,17-7-10-4-14-10)18-8-11-5-15-11;/h9-11H,2-8H2,1H3;1H2. The van der Waals surface area contributed by atoms with E-state index >= 15 is 0 Å². The zero-order chi connectivity index (χ0) is 12.4. The van der Waals surface area contributed by atoms with Crippen LogP contribution in [0.1, 0.15) is 13.3 Å². The monoisotopic (exact) mass is 278 g/mol. The average Bonchev–Trinajstić information content (AvgIpc) is 3.26. The van der Waals surface area contributed by atoms with E-state index in [-0.39, 0.29) is 23.8 Å². The lowest BCUT2D eigenvalue weighted by Crippen LogP contribution is -2.41. The van der Waals surface area contributed by atoms with Gasteiger partial charge in [-0.2, -0.15) is 0 Å². The molecule has 0 aromatic rings. The van der Waals surface area contributed by atoms with Crippen molar-refractivity contribution in [3.63, 3.8) is 0 Å². The molecule has 0 amide bonds. The highest BCUT2D eigenvalue weighted by Crippen LogP contribution is 2.26. The predicted molar refractivity (Wildman–Crippen MR) is 63.7 cm³/mol. The fraction of sp³-hybridized carbons (Fsp3) is 1.00. The van der Waals surface area contributed by atoms with Gasteiger partial charge in [0.15, 0.2) is 0 Å². The molecule has 3 rings (SSSR count). The Morgan fingerprint density at radius 1 is 0.842 bits per heavy atom. The third-order valence-corrected chi connectivity index (χ3v) is 3.11. The molecule has 3 atom stereocenters. The van der Waals surface area contributed by atoms with Gasteiger partial charge >= 0.3 is 0 Å². The molecule has 19 heavy (non-hydrogen) atoms. The molecule has 0 radical (unpaired) electrons. The second-order valence-corrected chi connectivity index (χ2v) is 4.84. The van der Waals surface area contributed by atoms with E-state index in [0.29, 0.717) is 26.2 Å². The third-order valence-electron chi connectivity index (χ3n) is 3.11. The molecule has 3 unspecified atom stereocenters. The van der Waals surface area contributed by atoms with Crippen LogP contribution in [0.5, 0.6) is 0 Å². The lowest BCUT2D eigenvalue weighted by Gasteiger charge is -2.32. The highest BCUT2D eigenvalue weighted by molar-refractivity contribution is 4.74. The van der Waals surface area contributed by atoms with E-state index in [1.54, 1.807) is 0 Å². The molecule has 0 bridgehead atoms. The molecule has 3 fully saturated rings. The summed E-state index contributed by atoms with van der Waals surface area (Å²) in [6.45, 7) is 5.78. The van der Waals surface area contributed by atoms with Gasteiger partial charge in [0.2, 0.25) is 0 Å². The van der Waals surface area contributed by atoms with Crippen molar-refractivity contribution in [2.24, 2.45) is 0 Å². The fourth-order valence-electron chi connectivity index (χ4n) is 1.58. The topological polar surface area (TPSA) is 96.8 Å². The molecule has 3 aliphatic rings. The van der Waals surface area contributed by atoms with E-state index in [1.807, 2.05) is 6.92 Å². The maximum absolute atomic E-state index is 5.78. The summed E-state index contributed by atoms with van der Waals surface area (Å²) in [6, 6.07) is 0. The zero-order valence-electron chi connectivity index (χ0n) is 11.1. The van der Waals surface area contributed by atoms with E-state index in [4.69, 9.17) is 28.4 Å². The Bertz CT molecular complexity index is 232. The maximum atomic E-state index is 5.78. The second-order valence-electron chi connectivity index (χ2n) is 4.84. The lowest BCUT2D eigenvalue weighted by atomic mass is 10.4. The van der Waals surface area contributed by atoms with E-state index < -0.39 is 5.97 Å². The fourth-order valence-corrected chi connectivity index (χ4v) is 1.58. The molecule has 0 aromatic carbocycles. The molecular weight excluding hydrogens is 256 g/mol. The van der Waals surface area contributed by atoms with Crippen LogP contribution in [0.2, 0.25) is 0 Å². The molecule has 112 valence electrons. The van der Waals surface area contributed by atoms with Crippen LogP contribution in [0.15, 0.2) is 0 Å². The first-order valence-corrected chi connectivity index (χ1v) is 6.56. The molecule has 0 aliphatic carbocycles. The predicted octanol–water partition coefficient (Wildman–Crippen LogP) is -0.528. The Kier molecular flexibility index (Phi) is 5.13. The summed E-state index contributed by atoms with van der Waals surface area (Å²) in [5.74, 6) is -0.982. The zero-order valence-corrected chi connectivity index (χ0v) is 11.1. The Morgan fingerprint density at radius 2 is 1.16 bits per heavy atom. The van der Waals surface area contributed by atoms with Crippen LogP contribution in [0, 0.1) is 0 Å². The molecule has 0 aromatic heterocycles. The van der Waals surface area contributed by atoms with Crippen molar-refractivity contribution in [1.29, 1.82) is 0 Å². The third kappa shape index (κ3) is 4.96. The minimum atomic E-state index is -0.982. The molecule has 2 N–H and O–H groups in total. The molecule has 0 saturated carbocycles. The summed E-state index contributed by atoms with van der Waals surface area (Å²) in [5.41, 5.74) is 0. The molecular formula is C12H22O7. The van der Waals surface area contributed by atoms with Crippen molar-refractivity contribution in [3.8, 4) is 0 Å². The first-order chi connectivity index (χ1) is 8.80. The summed E-state index contributed by atoms with van der Waals surface area (Å²) in [4.78, 5) is 0. The summed E-state index contributed by atoms with van der Waals surface area (Å²) < 4.78 is 32.8. The van der Waals surface area contributed by atoms with E-state index in [2.05, 4.69) is 0 Å². The second kappa shape index (κ2) is 6.45. The SMILES string of the molecule is CCC(OCC1CO1)(OCC1CO1)OCC1CO1.O. The van der Waals surface area contributed by atoms with Gasteiger partial charge in [-0.1, -0.05) is 6.92 Å². The Morgan fingerprint density at radius 3 is 1.37 bits per heavy atom. The summed E-state index contributed by atoms with van der Waals surface area (Å²) in [7, 11) is 0. The Labute approximate surface area is 112 Å². The molecule has 3 aliphatic heterocycles. The van der Waals surface area contributed by atoms with Crippen molar-refractivity contribution in [1.82, 2.24) is 0 Å². The number of ether oxygens (including phenoxy) is 6. The van der Waals surface area contributed by atoms with Gasteiger partial charge in [0.25, 0.3) is 5.97 Å². The highest BCUT2D eigenvalue weighted by atomic mass is 16.9. The van der Waals surface area contributed by atoms with Gasteiger partial charge in [-0.3, -0.25) is 0 Å². The number of rotatable bonds is 10. The van der Waals surface area contributed by atoms with Crippen LogP contribution in [0.4, 0.5) is 0 Å². The van der Waals surface area contributed by atoms with Gasteiger partial charge in [0.1, 0.15) is 18.3 Å². The van der Waals surface area contributed by atoms with Gasteiger partial charge in [-0.15, -0.1) is 0 Å². The van der Waals surface area contributed by atoms with E-state index in [0.717, 1.165) is 19.8 Å². The average molecular weight is 278 g/mol. The number of hydrogen-bond donors (Lipinski definition) is 0. The molecule has 0 spiro atoms. The lowest BCUT2D eigenvalue weighted by molar-refractivity contribution is -0.383. The van der Waals surface area contributed by atoms with Crippen LogP contribution in [0.25, 0.3) is 0 Å². The molecule has 3 heterocycles. The van der Waals surface area contributed by atoms with Gasteiger partial charge in [0.05, 0.1) is 39.6 Å². The first kappa shape index (κ1) is 15.1. The quantitative estimate of drug-likeness (QED) is 0.394. The van der Waals surface area contributed by atoms with Gasteiger partial charge in [0, 0.05) is 6.42 Å². The van der Waals surface area contributed by atoms with Gasteiger partial charge in [-0.25, -0.2) is 0 Å². The molecule has 3 saturated heterocycles. The first-order valence-electron chi connectivity index (χ1n) is 6.56. The summed E-state index contributed by atoms with van der Waals surface area (Å²) in [5, 5.41) is 0. The van der Waals surface area contributed by atoms with Crippen LogP contribution >= 0.6 is 0 Å². The molecule has 7 heteroatoms. The number of epoxide rings is 3. The molecule has 7 nitrogen and oxygen atoms in total. The maximum Gasteiger partial charge on any atom is 0.282 e. The van der Waals surface area contributed by atoms with Crippen molar-refractivity contribution >= 4 is 0 Å². The smallest absolute Gasteiger partial charge is 0.282 e. The van der Waals surface area contributed by atoms with Crippen molar-refractivity contribution in [2.75, 3.05) is 39.6 Å². The Hall–Kier alpha value is -0.280. The minimum absolute atomic E-state index is 0. The number of hydrogen-bond acceptors (Lipinski definition) is 6. The summed E-state index contributed by atoms with van der Waals surface area (Å²) >= 11 is 0.